The maximum Gasteiger partial charge on any atom is 0.118 e. The molecule has 4 aromatic rings. The Kier molecular flexibility index (Phi) is 11.9. The number of allylic oxidation sites excluding steroid dienone is 2. The second-order valence-electron chi connectivity index (χ2n) is 10.2. The highest BCUT2D eigenvalue weighted by Gasteiger charge is 2.22. The number of hydrogen-bond acceptors (Lipinski definition) is 4. The van der Waals surface area contributed by atoms with Gasteiger partial charge in [0.15, 0.2) is 0 Å². The SMILES string of the molecule is CC/C(=C(/CC)c1ccc(OC)cc1)c1ccc(O)cc1.CC[C@H](c1ccc(O)cc1)[C@@H](CC)c1ccc(O)cc1. The highest BCUT2D eigenvalue weighted by molar-refractivity contribution is 5.90. The van der Waals surface area contributed by atoms with E-state index in [0.29, 0.717) is 29.1 Å². The smallest absolute Gasteiger partial charge is 0.118 e. The highest BCUT2D eigenvalue weighted by Crippen LogP contribution is 2.39. The Labute approximate surface area is 245 Å². The van der Waals surface area contributed by atoms with Crippen LogP contribution in [-0.4, -0.2) is 22.4 Å². The van der Waals surface area contributed by atoms with Crippen LogP contribution in [0.3, 0.4) is 0 Å². The van der Waals surface area contributed by atoms with Crippen LogP contribution in [0.5, 0.6) is 23.0 Å². The topological polar surface area (TPSA) is 69.9 Å². The number of hydrogen-bond donors (Lipinski definition) is 3. The second kappa shape index (κ2) is 15.6. The van der Waals surface area contributed by atoms with Crippen molar-refractivity contribution in [3.8, 4) is 23.0 Å². The lowest BCUT2D eigenvalue weighted by Crippen LogP contribution is -2.10. The van der Waals surface area contributed by atoms with E-state index in [9.17, 15) is 15.3 Å². The largest absolute Gasteiger partial charge is 0.508 e. The van der Waals surface area contributed by atoms with E-state index in [2.05, 4.69) is 39.8 Å². The zero-order valence-corrected chi connectivity index (χ0v) is 25.0. The summed E-state index contributed by atoms with van der Waals surface area (Å²) in [6, 6.07) is 30.7. The van der Waals surface area contributed by atoms with E-state index >= 15 is 0 Å². The summed E-state index contributed by atoms with van der Waals surface area (Å²) in [5.41, 5.74) is 7.56. The van der Waals surface area contributed by atoms with Gasteiger partial charge in [0.1, 0.15) is 23.0 Å². The molecule has 0 amide bonds. The molecule has 0 heterocycles. The Morgan fingerprint density at radius 3 is 1.12 bits per heavy atom. The molecule has 41 heavy (non-hydrogen) atoms. The second-order valence-corrected chi connectivity index (χ2v) is 10.2. The molecule has 3 N–H and O–H groups in total. The van der Waals surface area contributed by atoms with Crippen molar-refractivity contribution >= 4 is 11.1 Å². The predicted molar refractivity (Wildman–Crippen MR) is 171 cm³/mol. The number of methoxy groups -OCH3 is 1. The van der Waals surface area contributed by atoms with Crippen LogP contribution in [0.4, 0.5) is 0 Å². The van der Waals surface area contributed by atoms with Crippen LogP contribution in [-0.2, 0) is 0 Å². The Balaban J connectivity index is 0.000000226. The maximum atomic E-state index is 9.45. The minimum atomic E-state index is 0.302. The summed E-state index contributed by atoms with van der Waals surface area (Å²) in [6.07, 6.45) is 4.02. The van der Waals surface area contributed by atoms with Crippen molar-refractivity contribution < 1.29 is 20.1 Å². The molecule has 0 saturated heterocycles. The molecule has 0 aliphatic heterocycles. The predicted octanol–water partition coefficient (Wildman–Crippen LogP) is 9.92. The van der Waals surface area contributed by atoms with Crippen LogP contribution >= 0.6 is 0 Å². The average molecular weight is 553 g/mol. The first-order valence-electron chi connectivity index (χ1n) is 14.6. The Hall–Kier alpha value is -4.18. The van der Waals surface area contributed by atoms with E-state index in [1.165, 1.54) is 33.4 Å². The number of rotatable bonds is 10. The van der Waals surface area contributed by atoms with Crippen molar-refractivity contribution in [1.82, 2.24) is 0 Å². The van der Waals surface area contributed by atoms with Gasteiger partial charge in [0.25, 0.3) is 0 Å². The number of aromatic hydroxyl groups is 3. The number of benzene rings is 4. The summed E-state index contributed by atoms with van der Waals surface area (Å²) >= 11 is 0. The fraction of sp³-hybridized carbons (Fsp3) is 0.297. The van der Waals surface area contributed by atoms with Gasteiger partial charge in [-0.2, -0.15) is 0 Å². The third-order valence-electron chi connectivity index (χ3n) is 7.73. The molecule has 4 aromatic carbocycles. The van der Waals surface area contributed by atoms with Gasteiger partial charge in [-0.25, -0.2) is 0 Å². The van der Waals surface area contributed by atoms with Crippen LogP contribution in [0, 0.1) is 0 Å². The van der Waals surface area contributed by atoms with Crippen LogP contribution < -0.4 is 4.74 Å². The standard InChI is InChI=1S/C19H22O2.C18H22O2/c1-4-18(14-6-10-16(20)11-7-14)19(5-2)15-8-12-17(21-3)13-9-15;1-3-17(13-5-9-15(19)10-6-13)18(4-2)14-7-11-16(20)12-8-14/h6-13,20H,4-5H2,1-3H3;5-12,17-20H,3-4H2,1-2H3/b19-18+;/t;17-,18+. The zero-order valence-electron chi connectivity index (χ0n) is 25.0. The van der Waals surface area contributed by atoms with Gasteiger partial charge >= 0.3 is 0 Å². The van der Waals surface area contributed by atoms with E-state index in [4.69, 9.17) is 4.74 Å². The summed E-state index contributed by atoms with van der Waals surface area (Å²) in [7, 11) is 1.68. The van der Waals surface area contributed by atoms with E-state index in [-0.39, 0.29) is 0 Å². The minimum absolute atomic E-state index is 0.302. The number of phenols is 3. The van der Waals surface area contributed by atoms with Gasteiger partial charge in [0.05, 0.1) is 7.11 Å². The van der Waals surface area contributed by atoms with Crippen molar-refractivity contribution in [3.63, 3.8) is 0 Å². The molecule has 4 heteroatoms. The Bertz CT molecular complexity index is 1300. The molecule has 0 saturated carbocycles. The third-order valence-corrected chi connectivity index (χ3v) is 7.73. The minimum Gasteiger partial charge on any atom is -0.508 e. The molecular weight excluding hydrogens is 508 g/mol. The first-order chi connectivity index (χ1) is 19.8. The van der Waals surface area contributed by atoms with Crippen LogP contribution in [0.15, 0.2) is 97.1 Å². The monoisotopic (exact) mass is 552 g/mol. The van der Waals surface area contributed by atoms with E-state index in [0.717, 1.165) is 31.4 Å². The normalized spacial score (nSPS) is 12.9. The molecule has 216 valence electrons. The van der Waals surface area contributed by atoms with Gasteiger partial charge in [0.2, 0.25) is 0 Å². The Morgan fingerprint density at radius 2 is 0.829 bits per heavy atom. The summed E-state index contributed by atoms with van der Waals surface area (Å²) in [4.78, 5) is 0. The van der Waals surface area contributed by atoms with Crippen molar-refractivity contribution in [2.75, 3.05) is 7.11 Å². The molecule has 4 rings (SSSR count). The van der Waals surface area contributed by atoms with Gasteiger partial charge in [-0.05, 0) is 119 Å². The first kappa shape index (κ1) is 31.3. The molecule has 0 fully saturated rings. The lowest BCUT2D eigenvalue weighted by Gasteiger charge is -2.26. The van der Waals surface area contributed by atoms with Crippen LogP contribution in [0.1, 0.15) is 87.5 Å². The lowest BCUT2D eigenvalue weighted by molar-refractivity contribution is 0.415. The van der Waals surface area contributed by atoms with Gasteiger partial charge < -0.3 is 20.1 Å². The molecule has 0 aromatic heterocycles. The van der Waals surface area contributed by atoms with Gasteiger partial charge in [-0.3, -0.25) is 0 Å². The summed E-state index contributed by atoms with van der Waals surface area (Å²) in [6.45, 7) is 8.73. The zero-order chi connectivity index (χ0) is 29.8. The number of phenolic OH excluding ortho intramolecular Hbond substituents is 3. The van der Waals surface area contributed by atoms with Crippen LogP contribution in [0.25, 0.3) is 11.1 Å². The fourth-order valence-electron chi connectivity index (χ4n) is 5.59. The molecule has 4 nitrogen and oxygen atoms in total. The first-order valence-corrected chi connectivity index (χ1v) is 14.6. The molecule has 0 unspecified atom stereocenters. The highest BCUT2D eigenvalue weighted by atomic mass is 16.5. The van der Waals surface area contributed by atoms with E-state index in [1.54, 1.807) is 43.5 Å². The van der Waals surface area contributed by atoms with Crippen LogP contribution in [0.2, 0.25) is 0 Å². The van der Waals surface area contributed by atoms with Crippen molar-refractivity contribution in [3.05, 3.63) is 119 Å². The molecule has 0 radical (unpaired) electrons. The van der Waals surface area contributed by atoms with E-state index in [1.807, 2.05) is 48.5 Å². The van der Waals surface area contributed by atoms with Gasteiger partial charge in [-0.15, -0.1) is 0 Å². The van der Waals surface area contributed by atoms with E-state index < -0.39 is 0 Å². The molecule has 0 aliphatic rings. The fourth-order valence-corrected chi connectivity index (χ4v) is 5.59. The lowest BCUT2D eigenvalue weighted by atomic mass is 9.78. The van der Waals surface area contributed by atoms with Crippen molar-refractivity contribution in [1.29, 1.82) is 0 Å². The van der Waals surface area contributed by atoms with Crippen molar-refractivity contribution in [2.45, 2.75) is 65.2 Å². The third kappa shape index (κ3) is 8.40. The Morgan fingerprint density at radius 1 is 0.512 bits per heavy atom. The van der Waals surface area contributed by atoms with Crippen molar-refractivity contribution in [2.24, 2.45) is 0 Å². The summed E-state index contributed by atoms with van der Waals surface area (Å²) in [5, 5.41) is 28.3. The van der Waals surface area contributed by atoms with Gasteiger partial charge in [-0.1, -0.05) is 76.2 Å². The molecule has 2 atom stereocenters. The summed E-state index contributed by atoms with van der Waals surface area (Å²) in [5.74, 6) is 2.63. The molecular formula is C37H44O4. The molecule has 0 spiro atoms. The van der Waals surface area contributed by atoms with Gasteiger partial charge in [0, 0.05) is 0 Å². The molecule has 0 bridgehead atoms. The summed E-state index contributed by atoms with van der Waals surface area (Å²) < 4.78 is 5.22. The average Bonchev–Trinajstić information content (AvgIpc) is 3.01. The number of ether oxygens (including phenoxy) is 1. The quantitative estimate of drug-likeness (QED) is 0.171. The maximum absolute atomic E-state index is 9.45. The molecule has 0 aliphatic carbocycles.